The van der Waals surface area contributed by atoms with Gasteiger partial charge < -0.3 is 14.6 Å². The van der Waals surface area contributed by atoms with E-state index in [1.54, 1.807) is 7.11 Å². The van der Waals surface area contributed by atoms with E-state index < -0.39 is 0 Å². The van der Waals surface area contributed by atoms with Gasteiger partial charge in [-0.15, -0.1) is 0 Å². The Balaban J connectivity index is 1.99. The van der Waals surface area contributed by atoms with Gasteiger partial charge in [-0.2, -0.15) is 0 Å². The number of esters is 1. The van der Waals surface area contributed by atoms with Gasteiger partial charge in [-0.3, -0.25) is 4.79 Å². The summed E-state index contributed by atoms with van der Waals surface area (Å²) in [4.78, 5) is 11.5. The summed E-state index contributed by atoms with van der Waals surface area (Å²) in [5.74, 6) is -0.155. The van der Waals surface area contributed by atoms with Crippen LogP contribution in [0.5, 0.6) is 0 Å². The number of aliphatic hydroxyl groups excluding tert-OH is 1. The Kier molecular flexibility index (Phi) is 9.49. The topological polar surface area (TPSA) is 55.8 Å². The zero-order valence-corrected chi connectivity index (χ0v) is 12.8. The molecule has 0 aliphatic carbocycles. The van der Waals surface area contributed by atoms with Crippen molar-refractivity contribution in [3.8, 4) is 0 Å². The highest BCUT2D eigenvalue weighted by Crippen LogP contribution is 2.08. The van der Waals surface area contributed by atoms with Crippen molar-refractivity contribution in [1.29, 1.82) is 0 Å². The van der Waals surface area contributed by atoms with Crippen LogP contribution in [0.4, 0.5) is 0 Å². The van der Waals surface area contributed by atoms with Crippen molar-refractivity contribution in [3.05, 3.63) is 35.9 Å². The first-order chi connectivity index (χ1) is 10.2. The zero-order valence-electron chi connectivity index (χ0n) is 12.8. The van der Waals surface area contributed by atoms with Gasteiger partial charge in [-0.1, -0.05) is 36.8 Å². The number of unbranched alkanes of at least 4 members (excludes halogenated alkanes) is 1. The van der Waals surface area contributed by atoms with Crippen molar-refractivity contribution >= 4 is 5.97 Å². The van der Waals surface area contributed by atoms with Crippen LogP contribution in [0.25, 0.3) is 0 Å². The fourth-order valence-corrected chi connectivity index (χ4v) is 2.05. The Hall–Kier alpha value is -1.39. The van der Waals surface area contributed by atoms with Crippen LogP contribution in [0.1, 0.15) is 37.7 Å². The molecule has 0 saturated heterocycles. The summed E-state index contributed by atoms with van der Waals surface area (Å²) in [7, 11) is 1.62. The molecule has 0 bridgehead atoms. The molecule has 118 valence electrons. The third-order valence-corrected chi connectivity index (χ3v) is 3.32. The van der Waals surface area contributed by atoms with E-state index in [-0.39, 0.29) is 12.1 Å². The SMILES string of the molecule is COCC[C@@H](O)CCCCC(=O)OCCc1ccccc1. The molecule has 4 heteroatoms. The fourth-order valence-electron chi connectivity index (χ4n) is 2.05. The van der Waals surface area contributed by atoms with Crippen molar-refractivity contribution in [3.63, 3.8) is 0 Å². The Bertz CT molecular complexity index is 378. The minimum absolute atomic E-state index is 0.155. The number of aliphatic hydroxyl groups is 1. The fraction of sp³-hybridized carbons (Fsp3) is 0.588. The first-order valence-electron chi connectivity index (χ1n) is 7.59. The number of rotatable bonds is 11. The van der Waals surface area contributed by atoms with E-state index in [9.17, 15) is 9.90 Å². The largest absolute Gasteiger partial charge is 0.465 e. The Morgan fingerprint density at radius 3 is 2.62 bits per heavy atom. The van der Waals surface area contributed by atoms with Crippen LogP contribution in [-0.4, -0.2) is 37.5 Å². The standard InChI is InChI=1S/C17H26O4/c1-20-13-12-16(18)9-5-6-10-17(19)21-14-11-15-7-3-2-4-8-15/h2-4,7-8,16,18H,5-6,9-14H2,1H3/t16-/m0/s1. The monoisotopic (exact) mass is 294 g/mol. The Morgan fingerprint density at radius 2 is 1.90 bits per heavy atom. The summed E-state index contributed by atoms with van der Waals surface area (Å²) >= 11 is 0. The predicted octanol–water partition coefficient (Wildman–Crippen LogP) is 2.73. The Labute approximate surface area is 127 Å². The van der Waals surface area contributed by atoms with Crippen LogP contribution in [0.3, 0.4) is 0 Å². The smallest absolute Gasteiger partial charge is 0.305 e. The average molecular weight is 294 g/mol. The summed E-state index contributed by atoms with van der Waals surface area (Å²) in [6.07, 6.45) is 3.79. The normalized spacial score (nSPS) is 12.1. The van der Waals surface area contributed by atoms with Crippen LogP contribution in [0, 0.1) is 0 Å². The Morgan fingerprint density at radius 1 is 1.14 bits per heavy atom. The molecule has 1 atom stereocenters. The lowest BCUT2D eigenvalue weighted by atomic mass is 10.1. The zero-order chi connectivity index (χ0) is 15.3. The second-order valence-electron chi connectivity index (χ2n) is 5.14. The summed E-state index contributed by atoms with van der Waals surface area (Å²) in [6, 6.07) is 9.97. The van der Waals surface area contributed by atoms with Gasteiger partial charge in [0.15, 0.2) is 0 Å². The van der Waals surface area contributed by atoms with Crippen molar-refractivity contribution in [1.82, 2.24) is 0 Å². The average Bonchev–Trinajstić information content (AvgIpc) is 2.50. The van der Waals surface area contributed by atoms with Gasteiger partial charge in [0.1, 0.15) is 0 Å². The molecular weight excluding hydrogens is 268 g/mol. The number of carbonyl (C=O) groups excluding carboxylic acids is 1. The van der Waals surface area contributed by atoms with Gasteiger partial charge >= 0.3 is 5.97 Å². The quantitative estimate of drug-likeness (QED) is 0.503. The van der Waals surface area contributed by atoms with Crippen LogP contribution in [-0.2, 0) is 20.7 Å². The molecule has 1 aromatic rings. The molecule has 0 heterocycles. The van der Waals surface area contributed by atoms with Crippen LogP contribution in [0.15, 0.2) is 30.3 Å². The molecule has 4 nitrogen and oxygen atoms in total. The highest BCUT2D eigenvalue weighted by atomic mass is 16.5. The van der Waals surface area contributed by atoms with E-state index in [1.165, 1.54) is 5.56 Å². The van der Waals surface area contributed by atoms with Crippen LogP contribution in [0.2, 0.25) is 0 Å². The van der Waals surface area contributed by atoms with Gasteiger partial charge in [0.05, 0.1) is 12.7 Å². The molecule has 1 rings (SSSR count). The van der Waals surface area contributed by atoms with Gasteiger partial charge in [-0.05, 0) is 24.8 Å². The maximum atomic E-state index is 11.5. The van der Waals surface area contributed by atoms with E-state index >= 15 is 0 Å². The molecule has 0 aromatic heterocycles. The van der Waals surface area contributed by atoms with E-state index in [1.807, 2.05) is 30.3 Å². The molecule has 0 fully saturated rings. The maximum Gasteiger partial charge on any atom is 0.305 e. The first-order valence-corrected chi connectivity index (χ1v) is 7.59. The van der Waals surface area contributed by atoms with E-state index in [0.717, 1.165) is 19.3 Å². The minimum atomic E-state index is -0.334. The highest BCUT2D eigenvalue weighted by molar-refractivity contribution is 5.69. The van der Waals surface area contributed by atoms with Crippen LogP contribution < -0.4 is 0 Å². The summed E-state index contributed by atoms with van der Waals surface area (Å²) < 4.78 is 10.1. The molecule has 0 unspecified atom stereocenters. The van der Waals surface area contributed by atoms with Gasteiger partial charge in [-0.25, -0.2) is 0 Å². The van der Waals surface area contributed by atoms with E-state index in [0.29, 0.717) is 32.5 Å². The van der Waals surface area contributed by atoms with Gasteiger partial charge in [0.2, 0.25) is 0 Å². The molecule has 0 aliphatic heterocycles. The summed E-state index contributed by atoms with van der Waals surface area (Å²) in [5, 5.41) is 9.62. The number of hydrogen-bond donors (Lipinski definition) is 1. The molecule has 21 heavy (non-hydrogen) atoms. The molecule has 0 spiro atoms. The second-order valence-corrected chi connectivity index (χ2v) is 5.14. The van der Waals surface area contributed by atoms with Crippen molar-refractivity contribution in [2.45, 2.75) is 44.6 Å². The lowest BCUT2D eigenvalue weighted by molar-refractivity contribution is -0.143. The minimum Gasteiger partial charge on any atom is -0.465 e. The molecular formula is C17H26O4. The number of ether oxygens (including phenoxy) is 2. The lowest BCUT2D eigenvalue weighted by Gasteiger charge is -2.09. The van der Waals surface area contributed by atoms with E-state index in [2.05, 4.69) is 0 Å². The van der Waals surface area contributed by atoms with Gasteiger partial charge in [0.25, 0.3) is 0 Å². The maximum absolute atomic E-state index is 11.5. The summed E-state index contributed by atoms with van der Waals surface area (Å²) in [6.45, 7) is 1.00. The highest BCUT2D eigenvalue weighted by Gasteiger charge is 2.06. The third-order valence-electron chi connectivity index (χ3n) is 3.32. The van der Waals surface area contributed by atoms with Crippen molar-refractivity contribution in [2.75, 3.05) is 20.3 Å². The molecule has 0 radical (unpaired) electrons. The first kappa shape index (κ1) is 17.7. The molecule has 0 amide bonds. The van der Waals surface area contributed by atoms with E-state index in [4.69, 9.17) is 9.47 Å². The summed E-state index contributed by atoms with van der Waals surface area (Å²) in [5.41, 5.74) is 1.17. The van der Waals surface area contributed by atoms with Crippen molar-refractivity contribution < 1.29 is 19.4 Å². The number of benzene rings is 1. The number of hydrogen-bond acceptors (Lipinski definition) is 4. The second kappa shape index (κ2) is 11.3. The predicted molar refractivity (Wildman–Crippen MR) is 82.1 cm³/mol. The van der Waals surface area contributed by atoms with Crippen molar-refractivity contribution in [2.24, 2.45) is 0 Å². The number of carbonyl (C=O) groups is 1. The van der Waals surface area contributed by atoms with Crippen LogP contribution >= 0.6 is 0 Å². The third kappa shape index (κ3) is 9.21. The molecule has 0 saturated carbocycles. The van der Waals surface area contributed by atoms with Gasteiger partial charge in [0, 0.05) is 26.6 Å². The molecule has 1 N–H and O–H groups in total. The lowest BCUT2D eigenvalue weighted by Crippen LogP contribution is -2.11. The molecule has 1 aromatic carbocycles. The number of methoxy groups -OCH3 is 1. The molecule has 0 aliphatic rings.